The molecule has 0 unspecified atom stereocenters. The first-order valence-electron chi connectivity index (χ1n) is 6.86. The van der Waals surface area contributed by atoms with E-state index in [2.05, 4.69) is 5.32 Å². The Morgan fingerprint density at radius 1 is 1.48 bits per heavy atom. The molecule has 114 valence electrons. The molecule has 1 aliphatic rings. The van der Waals surface area contributed by atoms with Crippen LogP contribution in [0.25, 0.3) is 0 Å². The molecule has 1 aromatic rings. The molecule has 0 aliphatic carbocycles. The molecule has 2 heterocycles. The zero-order valence-electron chi connectivity index (χ0n) is 12.1. The van der Waals surface area contributed by atoms with Gasteiger partial charge < -0.3 is 15.0 Å². The molecule has 1 aromatic heterocycles. The van der Waals surface area contributed by atoms with Crippen LogP contribution in [0, 0.1) is 6.92 Å². The van der Waals surface area contributed by atoms with Crippen LogP contribution in [-0.2, 0) is 14.3 Å². The van der Waals surface area contributed by atoms with E-state index in [-0.39, 0.29) is 25.0 Å². The van der Waals surface area contributed by atoms with Gasteiger partial charge in [-0.25, -0.2) is 4.79 Å². The number of carbonyl (C=O) groups is 3. The average molecular weight is 310 g/mol. The largest absolute Gasteiger partial charge is 0.462 e. The van der Waals surface area contributed by atoms with Crippen LogP contribution in [0.4, 0.5) is 5.00 Å². The average Bonchev–Trinajstić information content (AvgIpc) is 2.97. The molecule has 0 bridgehead atoms. The topological polar surface area (TPSA) is 75.7 Å². The van der Waals surface area contributed by atoms with E-state index in [9.17, 15) is 14.4 Å². The van der Waals surface area contributed by atoms with Gasteiger partial charge in [-0.15, -0.1) is 11.3 Å². The van der Waals surface area contributed by atoms with Crippen LogP contribution in [0.15, 0.2) is 6.07 Å². The molecule has 6 nitrogen and oxygen atoms in total. The highest BCUT2D eigenvalue weighted by Crippen LogP contribution is 2.28. The zero-order valence-corrected chi connectivity index (χ0v) is 12.9. The number of hydrogen-bond acceptors (Lipinski definition) is 5. The number of nitrogens with zero attached hydrogens (tertiary/aromatic N) is 1. The number of anilines is 1. The van der Waals surface area contributed by atoms with Gasteiger partial charge in [0, 0.05) is 17.8 Å². The summed E-state index contributed by atoms with van der Waals surface area (Å²) in [5.74, 6) is -0.745. The van der Waals surface area contributed by atoms with Gasteiger partial charge >= 0.3 is 5.97 Å². The number of aryl methyl sites for hydroxylation is 1. The lowest BCUT2D eigenvalue weighted by molar-refractivity contribution is -0.131. The van der Waals surface area contributed by atoms with Crippen LogP contribution in [0.1, 0.15) is 35.0 Å². The zero-order chi connectivity index (χ0) is 15.4. The van der Waals surface area contributed by atoms with Gasteiger partial charge in [0.2, 0.25) is 11.8 Å². The van der Waals surface area contributed by atoms with Crippen molar-refractivity contribution in [2.45, 2.75) is 26.7 Å². The Labute approximate surface area is 127 Å². The van der Waals surface area contributed by atoms with Crippen molar-refractivity contribution in [2.24, 2.45) is 0 Å². The minimum atomic E-state index is -0.450. The van der Waals surface area contributed by atoms with Crippen molar-refractivity contribution in [2.75, 3.05) is 25.0 Å². The Morgan fingerprint density at radius 3 is 2.86 bits per heavy atom. The number of hydrogen-bond donors (Lipinski definition) is 1. The first-order chi connectivity index (χ1) is 10.0. The predicted octanol–water partition coefficient (Wildman–Crippen LogP) is 1.79. The highest BCUT2D eigenvalue weighted by Gasteiger charge is 2.24. The lowest BCUT2D eigenvalue weighted by Gasteiger charge is -2.14. The van der Waals surface area contributed by atoms with Crippen LogP contribution in [0.2, 0.25) is 0 Å². The van der Waals surface area contributed by atoms with Crippen LogP contribution < -0.4 is 5.32 Å². The molecule has 7 heteroatoms. The molecule has 0 spiro atoms. The number of thiophene rings is 1. The molecule has 2 amide bonds. The van der Waals surface area contributed by atoms with E-state index >= 15 is 0 Å². The Bertz CT molecular complexity index is 567. The maximum Gasteiger partial charge on any atom is 0.341 e. The second kappa shape index (κ2) is 6.71. The molecular formula is C14H18N2O4S. The summed E-state index contributed by atoms with van der Waals surface area (Å²) >= 11 is 1.32. The fraction of sp³-hybridized carbons (Fsp3) is 0.500. The van der Waals surface area contributed by atoms with Gasteiger partial charge in [0.25, 0.3) is 0 Å². The lowest BCUT2D eigenvalue weighted by atomic mass is 10.3. The van der Waals surface area contributed by atoms with Crippen molar-refractivity contribution in [1.82, 2.24) is 4.90 Å². The molecule has 1 N–H and O–H groups in total. The maximum atomic E-state index is 12.0. The summed E-state index contributed by atoms with van der Waals surface area (Å²) in [5.41, 5.74) is 0.362. The summed E-state index contributed by atoms with van der Waals surface area (Å²) < 4.78 is 4.97. The molecule has 21 heavy (non-hydrogen) atoms. The maximum absolute atomic E-state index is 12.0. The van der Waals surface area contributed by atoms with Crippen molar-refractivity contribution in [1.29, 1.82) is 0 Å². The number of nitrogens with one attached hydrogen (secondary N) is 1. The van der Waals surface area contributed by atoms with Gasteiger partial charge in [0.05, 0.1) is 18.7 Å². The summed E-state index contributed by atoms with van der Waals surface area (Å²) in [6.45, 7) is 4.50. The second-order valence-electron chi connectivity index (χ2n) is 4.79. The standard InChI is InChI=1S/C14H18N2O4S/c1-3-20-14(19)10-7-9(2)21-13(10)15-11(17)8-16-6-4-5-12(16)18/h7H,3-6,8H2,1-2H3,(H,15,17). The van der Waals surface area contributed by atoms with Crippen LogP contribution >= 0.6 is 11.3 Å². The van der Waals surface area contributed by atoms with Crippen molar-refractivity contribution in [3.63, 3.8) is 0 Å². The van der Waals surface area contributed by atoms with Crippen molar-refractivity contribution in [3.05, 3.63) is 16.5 Å². The quantitative estimate of drug-likeness (QED) is 0.841. The lowest BCUT2D eigenvalue weighted by Crippen LogP contribution is -2.34. The molecule has 0 radical (unpaired) electrons. The molecule has 1 fully saturated rings. The number of carbonyl (C=O) groups excluding carboxylic acids is 3. The van der Waals surface area contributed by atoms with E-state index in [4.69, 9.17) is 4.74 Å². The van der Waals surface area contributed by atoms with E-state index in [1.54, 1.807) is 13.0 Å². The first-order valence-corrected chi connectivity index (χ1v) is 7.68. The SMILES string of the molecule is CCOC(=O)c1cc(C)sc1NC(=O)CN1CCCC1=O. The molecule has 1 aliphatic heterocycles. The van der Waals surface area contributed by atoms with Crippen LogP contribution in [0.3, 0.4) is 0 Å². The van der Waals surface area contributed by atoms with E-state index in [0.29, 0.717) is 23.5 Å². The second-order valence-corrected chi connectivity index (χ2v) is 6.04. The molecule has 0 atom stereocenters. The highest BCUT2D eigenvalue weighted by molar-refractivity contribution is 7.16. The molecule has 1 saturated heterocycles. The van der Waals surface area contributed by atoms with Crippen molar-refractivity contribution < 1.29 is 19.1 Å². The molecular weight excluding hydrogens is 292 g/mol. The summed E-state index contributed by atoms with van der Waals surface area (Å²) in [7, 11) is 0. The number of ether oxygens (including phenoxy) is 1. The fourth-order valence-electron chi connectivity index (χ4n) is 2.18. The van der Waals surface area contributed by atoms with E-state index in [1.165, 1.54) is 16.2 Å². The van der Waals surface area contributed by atoms with Gasteiger partial charge in [-0.05, 0) is 26.3 Å². The molecule has 0 saturated carbocycles. The summed E-state index contributed by atoms with van der Waals surface area (Å²) in [5, 5.41) is 3.18. The van der Waals surface area contributed by atoms with Crippen molar-refractivity contribution >= 4 is 34.1 Å². The van der Waals surface area contributed by atoms with E-state index in [1.807, 2.05) is 6.92 Å². The Kier molecular flexibility index (Phi) is 4.95. The third-order valence-electron chi connectivity index (χ3n) is 3.11. The predicted molar refractivity (Wildman–Crippen MR) is 79.5 cm³/mol. The summed E-state index contributed by atoms with van der Waals surface area (Å²) in [6.07, 6.45) is 1.29. The number of rotatable bonds is 5. The van der Waals surface area contributed by atoms with Gasteiger partial charge in [0.1, 0.15) is 5.00 Å². The Balaban J connectivity index is 2.03. The smallest absolute Gasteiger partial charge is 0.341 e. The fourth-order valence-corrected chi connectivity index (χ4v) is 3.09. The molecule has 2 rings (SSSR count). The monoisotopic (exact) mass is 310 g/mol. The van der Waals surface area contributed by atoms with Gasteiger partial charge in [-0.1, -0.05) is 0 Å². The van der Waals surface area contributed by atoms with Crippen molar-refractivity contribution in [3.8, 4) is 0 Å². The Morgan fingerprint density at radius 2 is 2.24 bits per heavy atom. The van der Waals surface area contributed by atoms with E-state index < -0.39 is 5.97 Å². The number of likely N-dealkylation sites (tertiary alicyclic amines) is 1. The van der Waals surface area contributed by atoms with Crippen LogP contribution in [-0.4, -0.2) is 42.4 Å². The number of amides is 2. The minimum absolute atomic E-state index is 0.00173. The molecule has 0 aromatic carbocycles. The Hall–Kier alpha value is -1.89. The van der Waals surface area contributed by atoms with Gasteiger partial charge in [0.15, 0.2) is 0 Å². The van der Waals surface area contributed by atoms with Crippen LogP contribution in [0.5, 0.6) is 0 Å². The number of esters is 1. The summed E-state index contributed by atoms with van der Waals surface area (Å²) in [4.78, 5) is 37.8. The highest BCUT2D eigenvalue weighted by atomic mass is 32.1. The third kappa shape index (κ3) is 3.81. The first kappa shape index (κ1) is 15.5. The minimum Gasteiger partial charge on any atom is -0.462 e. The third-order valence-corrected chi connectivity index (χ3v) is 4.08. The van der Waals surface area contributed by atoms with Gasteiger partial charge in [-0.2, -0.15) is 0 Å². The van der Waals surface area contributed by atoms with Gasteiger partial charge in [-0.3, -0.25) is 9.59 Å². The summed E-state index contributed by atoms with van der Waals surface area (Å²) in [6, 6.07) is 1.69. The van der Waals surface area contributed by atoms with E-state index in [0.717, 1.165) is 11.3 Å². The normalized spacial score (nSPS) is 14.4.